The van der Waals surface area contributed by atoms with E-state index in [1.807, 2.05) is 0 Å². The maximum absolute atomic E-state index is 13.0. The van der Waals surface area contributed by atoms with E-state index in [4.69, 9.17) is 11.6 Å². The molecule has 0 atom stereocenters. The van der Waals surface area contributed by atoms with Crippen molar-refractivity contribution in [3.8, 4) is 0 Å². The fourth-order valence-electron chi connectivity index (χ4n) is 1.61. The largest absolute Gasteiger partial charge is 0.350 e. The molecule has 5 nitrogen and oxygen atoms in total. The van der Waals surface area contributed by atoms with E-state index in [1.54, 1.807) is 0 Å². The van der Waals surface area contributed by atoms with Crippen LogP contribution in [-0.2, 0) is 0 Å². The Hall–Kier alpha value is -2.47. The quantitative estimate of drug-likeness (QED) is 0.526. The lowest BCUT2D eigenvalue weighted by Crippen LogP contribution is -1.98. The van der Waals surface area contributed by atoms with Gasteiger partial charge in [0.1, 0.15) is 17.8 Å². The molecule has 0 spiro atoms. The average Bonchev–Trinajstić information content (AvgIpc) is 2.43. The Morgan fingerprint density at radius 1 is 1.25 bits per heavy atom. The van der Waals surface area contributed by atoms with E-state index < -0.39 is 10.7 Å². The SMILES string of the molecule is O=Cc1ccc(Nc2ccc(F)c(Cl)c2)c([N+](=O)[O-])c1. The minimum absolute atomic E-state index is 0.0952. The number of benzene rings is 2. The number of hydrogen-bond acceptors (Lipinski definition) is 4. The highest BCUT2D eigenvalue weighted by molar-refractivity contribution is 6.31. The first-order chi connectivity index (χ1) is 9.51. The van der Waals surface area contributed by atoms with Crippen molar-refractivity contribution >= 4 is 34.9 Å². The van der Waals surface area contributed by atoms with Crippen molar-refractivity contribution in [2.24, 2.45) is 0 Å². The molecule has 2 rings (SSSR count). The van der Waals surface area contributed by atoms with Gasteiger partial charge in [-0.1, -0.05) is 11.6 Å². The van der Waals surface area contributed by atoms with E-state index in [0.29, 0.717) is 12.0 Å². The van der Waals surface area contributed by atoms with Crippen LogP contribution in [0.25, 0.3) is 0 Å². The van der Waals surface area contributed by atoms with Crippen molar-refractivity contribution in [2.45, 2.75) is 0 Å². The van der Waals surface area contributed by atoms with Gasteiger partial charge in [-0.05, 0) is 30.3 Å². The molecule has 2 aromatic carbocycles. The van der Waals surface area contributed by atoms with Crippen LogP contribution in [0.2, 0.25) is 5.02 Å². The van der Waals surface area contributed by atoms with Gasteiger partial charge < -0.3 is 5.32 Å². The number of hydrogen-bond donors (Lipinski definition) is 1. The molecule has 20 heavy (non-hydrogen) atoms. The summed E-state index contributed by atoms with van der Waals surface area (Å²) >= 11 is 5.63. The molecule has 0 saturated heterocycles. The van der Waals surface area contributed by atoms with Gasteiger partial charge in [-0.15, -0.1) is 0 Å². The molecule has 0 aliphatic rings. The molecule has 0 fully saturated rings. The fraction of sp³-hybridized carbons (Fsp3) is 0. The summed E-state index contributed by atoms with van der Waals surface area (Å²) in [5, 5.41) is 13.6. The monoisotopic (exact) mass is 294 g/mol. The van der Waals surface area contributed by atoms with Crippen molar-refractivity contribution in [1.82, 2.24) is 0 Å². The van der Waals surface area contributed by atoms with Crippen LogP contribution in [0.1, 0.15) is 10.4 Å². The Bertz CT molecular complexity index is 691. The third kappa shape index (κ3) is 2.92. The third-order valence-corrected chi connectivity index (χ3v) is 2.84. The van der Waals surface area contributed by atoms with Gasteiger partial charge in [-0.2, -0.15) is 0 Å². The Morgan fingerprint density at radius 3 is 2.60 bits per heavy atom. The minimum atomic E-state index is -0.611. The van der Waals surface area contributed by atoms with Crippen LogP contribution in [0.15, 0.2) is 36.4 Å². The Balaban J connectivity index is 2.39. The Morgan fingerprint density at radius 2 is 2.00 bits per heavy atom. The molecule has 0 radical (unpaired) electrons. The van der Waals surface area contributed by atoms with Crippen LogP contribution in [0, 0.1) is 15.9 Å². The molecule has 0 aliphatic carbocycles. The van der Waals surface area contributed by atoms with E-state index in [0.717, 1.165) is 12.1 Å². The van der Waals surface area contributed by atoms with E-state index in [-0.39, 0.29) is 22.0 Å². The standard InChI is InChI=1S/C13H8ClFN2O3/c14-10-6-9(2-3-11(10)15)16-12-4-1-8(7-18)5-13(12)17(19)20/h1-7,16H. The molecule has 0 saturated carbocycles. The number of anilines is 2. The number of aldehydes is 1. The number of halogens is 2. The molecule has 102 valence electrons. The summed E-state index contributed by atoms with van der Waals surface area (Å²) in [5.74, 6) is -0.581. The van der Waals surface area contributed by atoms with Gasteiger partial charge in [0.25, 0.3) is 5.69 Å². The van der Waals surface area contributed by atoms with Crippen molar-refractivity contribution < 1.29 is 14.1 Å². The summed E-state index contributed by atoms with van der Waals surface area (Å²) in [7, 11) is 0. The normalized spacial score (nSPS) is 10.1. The number of nitrogens with one attached hydrogen (secondary N) is 1. The second-order valence-corrected chi connectivity index (χ2v) is 4.31. The van der Waals surface area contributed by atoms with Gasteiger partial charge in [0.05, 0.1) is 9.95 Å². The van der Waals surface area contributed by atoms with Crippen LogP contribution in [-0.4, -0.2) is 11.2 Å². The molecule has 1 N–H and O–H groups in total. The number of rotatable bonds is 4. The molecular formula is C13H8ClFN2O3. The van der Waals surface area contributed by atoms with Crippen LogP contribution in [0.5, 0.6) is 0 Å². The molecule has 0 heterocycles. The Labute approximate surface area is 118 Å². The third-order valence-electron chi connectivity index (χ3n) is 2.55. The predicted molar refractivity (Wildman–Crippen MR) is 73.2 cm³/mol. The summed E-state index contributed by atoms with van der Waals surface area (Å²) < 4.78 is 13.0. The maximum atomic E-state index is 13.0. The lowest BCUT2D eigenvalue weighted by atomic mass is 10.2. The molecular weight excluding hydrogens is 287 g/mol. The zero-order valence-corrected chi connectivity index (χ0v) is 10.7. The summed E-state index contributed by atoms with van der Waals surface area (Å²) in [4.78, 5) is 21.0. The van der Waals surface area contributed by atoms with Crippen molar-refractivity contribution in [2.75, 3.05) is 5.32 Å². The molecule has 0 amide bonds. The van der Waals surface area contributed by atoms with Crippen LogP contribution in [0.4, 0.5) is 21.5 Å². The number of nitro benzene ring substituents is 1. The number of carbonyl (C=O) groups excluding carboxylic acids is 1. The van der Waals surface area contributed by atoms with Crippen LogP contribution in [0.3, 0.4) is 0 Å². The first-order valence-electron chi connectivity index (χ1n) is 5.47. The lowest BCUT2D eigenvalue weighted by Gasteiger charge is -2.08. The second kappa shape index (κ2) is 5.66. The molecule has 0 aromatic heterocycles. The molecule has 2 aromatic rings. The zero-order valence-electron chi connectivity index (χ0n) is 9.97. The molecule has 0 bridgehead atoms. The van der Waals surface area contributed by atoms with Crippen LogP contribution >= 0.6 is 11.6 Å². The number of nitro groups is 1. The first-order valence-corrected chi connectivity index (χ1v) is 5.85. The molecule has 0 aliphatic heterocycles. The summed E-state index contributed by atoms with van der Waals surface area (Å²) in [6, 6.07) is 7.86. The van der Waals surface area contributed by atoms with E-state index >= 15 is 0 Å². The predicted octanol–water partition coefficient (Wildman–Crippen LogP) is 3.94. The summed E-state index contributed by atoms with van der Waals surface area (Å²) in [6.07, 6.45) is 0.519. The van der Waals surface area contributed by atoms with Crippen molar-refractivity contribution in [3.63, 3.8) is 0 Å². The van der Waals surface area contributed by atoms with Crippen molar-refractivity contribution in [1.29, 1.82) is 0 Å². The lowest BCUT2D eigenvalue weighted by molar-refractivity contribution is -0.383. The van der Waals surface area contributed by atoms with E-state index in [2.05, 4.69) is 5.32 Å². The highest BCUT2D eigenvalue weighted by Gasteiger charge is 2.15. The first kappa shape index (κ1) is 14.0. The maximum Gasteiger partial charge on any atom is 0.293 e. The summed E-state index contributed by atoms with van der Waals surface area (Å²) in [6.45, 7) is 0. The number of carbonyl (C=O) groups is 1. The topological polar surface area (TPSA) is 72.2 Å². The van der Waals surface area contributed by atoms with Gasteiger partial charge in [-0.25, -0.2) is 4.39 Å². The highest BCUT2D eigenvalue weighted by atomic mass is 35.5. The number of nitrogens with zero attached hydrogens (tertiary/aromatic N) is 1. The summed E-state index contributed by atoms with van der Waals surface area (Å²) in [5.41, 5.74) is 0.524. The zero-order chi connectivity index (χ0) is 14.7. The smallest absolute Gasteiger partial charge is 0.293 e. The highest BCUT2D eigenvalue weighted by Crippen LogP contribution is 2.29. The molecule has 0 unspecified atom stereocenters. The van der Waals surface area contributed by atoms with Gasteiger partial charge in [-0.3, -0.25) is 14.9 Å². The van der Waals surface area contributed by atoms with Crippen LogP contribution < -0.4 is 5.32 Å². The minimum Gasteiger partial charge on any atom is -0.350 e. The average molecular weight is 295 g/mol. The van der Waals surface area contributed by atoms with Crippen molar-refractivity contribution in [3.05, 3.63) is 62.9 Å². The van der Waals surface area contributed by atoms with E-state index in [1.165, 1.54) is 24.3 Å². The second-order valence-electron chi connectivity index (χ2n) is 3.91. The Kier molecular flexibility index (Phi) is 3.95. The van der Waals surface area contributed by atoms with E-state index in [9.17, 15) is 19.3 Å². The van der Waals surface area contributed by atoms with Gasteiger partial charge >= 0.3 is 0 Å². The fourth-order valence-corrected chi connectivity index (χ4v) is 1.79. The van der Waals surface area contributed by atoms with Gasteiger partial charge in [0.15, 0.2) is 0 Å². The molecule has 7 heteroatoms. The van der Waals surface area contributed by atoms with Gasteiger partial charge in [0.2, 0.25) is 0 Å². The van der Waals surface area contributed by atoms with Gasteiger partial charge in [0, 0.05) is 17.3 Å².